The summed E-state index contributed by atoms with van der Waals surface area (Å²) in [6.07, 6.45) is 2.69. The van der Waals surface area contributed by atoms with Crippen molar-refractivity contribution in [3.05, 3.63) is 0 Å². The van der Waals surface area contributed by atoms with Crippen molar-refractivity contribution in [2.24, 2.45) is 5.92 Å². The Morgan fingerprint density at radius 2 is 1.85 bits per heavy atom. The van der Waals surface area contributed by atoms with Gasteiger partial charge in [-0.05, 0) is 25.8 Å². The van der Waals surface area contributed by atoms with Crippen LogP contribution < -0.4 is 5.32 Å². The minimum atomic E-state index is 0.307. The summed E-state index contributed by atoms with van der Waals surface area (Å²) < 4.78 is 5.37. The van der Waals surface area contributed by atoms with Crippen molar-refractivity contribution in [2.45, 2.75) is 52.7 Å². The summed E-state index contributed by atoms with van der Waals surface area (Å²) in [6, 6.07) is 0.495. The second-order valence-electron chi connectivity index (χ2n) is 3.81. The molecule has 0 spiro atoms. The Bertz CT molecular complexity index is 107. The van der Waals surface area contributed by atoms with Crippen LogP contribution in [0.15, 0.2) is 0 Å². The molecule has 0 aliphatic rings. The van der Waals surface area contributed by atoms with Crippen LogP contribution in [0.2, 0.25) is 0 Å². The van der Waals surface area contributed by atoms with Gasteiger partial charge in [-0.2, -0.15) is 0 Å². The first kappa shape index (κ1) is 12.9. The van der Waals surface area contributed by atoms with E-state index in [1.165, 1.54) is 12.8 Å². The molecular formula is C11H25NO. The Morgan fingerprint density at radius 3 is 2.23 bits per heavy atom. The number of methoxy groups -OCH3 is 1. The van der Waals surface area contributed by atoms with E-state index in [9.17, 15) is 0 Å². The SMILES string of the molecule is CCCNC(C(C)CC)C(C)OC. The second kappa shape index (κ2) is 7.34. The van der Waals surface area contributed by atoms with Gasteiger partial charge >= 0.3 is 0 Å². The Kier molecular flexibility index (Phi) is 7.29. The van der Waals surface area contributed by atoms with Gasteiger partial charge in [0, 0.05) is 13.2 Å². The van der Waals surface area contributed by atoms with Gasteiger partial charge in [0.1, 0.15) is 0 Å². The zero-order valence-electron chi connectivity index (χ0n) is 9.76. The van der Waals surface area contributed by atoms with Gasteiger partial charge in [-0.25, -0.2) is 0 Å². The molecule has 13 heavy (non-hydrogen) atoms. The molecule has 0 aromatic carbocycles. The highest BCUT2D eigenvalue weighted by atomic mass is 16.5. The smallest absolute Gasteiger partial charge is 0.0698 e. The average molecular weight is 187 g/mol. The molecule has 0 aromatic heterocycles. The van der Waals surface area contributed by atoms with E-state index in [2.05, 4.69) is 33.0 Å². The lowest BCUT2D eigenvalue weighted by Crippen LogP contribution is -2.44. The van der Waals surface area contributed by atoms with Crippen LogP contribution >= 0.6 is 0 Å². The molecule has 0 aliphatic heterocycles. The Balaban J connectivity index is 4.01. The Hall–Kier alpha value is -0.0800. The van der Waals surface area contributed by atoms with Crippen LogP contribution in [0.4, 0.5) is 0 Å². The summed E-state index contributed by atoms with van der Waals surface area (Å²) in [6.45, 7) is 9.93. The standard InChI is InChI=1S/C11H25NO/c1-6-8-12-11(9(3)7-2)10(4)13-5/h9-12H,6-8H2,1-5H3. The predicted molar refractivity (Wildman–Crippen MR) is 58.0 cm³/mol. The summed E-state index contributed by atoms with van der Waals surface area (Å²) in [7, 11) is 1.79. The zero-order chi connectivity index (χ0) is 10.3. The summed E-state index contributed by atoms with van der Waals surface area (Å²) in [5.74, 6) is 0.682. The first-order valence-corrected chi connectivity index (χ1v) is 5.43. The quantitative estimate of drug-likeness (QED) is 0.661. The third-order valence-corrected chi connectivity index (χ3v) is 2.76. The predicted octanol–water partition coefficient (Wildman–Crippen LogP) is 2.44. The lowest BCUT2D eigenvalue weighted by atomic mass is 9.95. The van der Waals surface area contributed by atoms with Gasteiger partial charge in [-0.1, -0.05) is 27.2 Å². The van der Waals surface area contributed by atoms with Crippen LogP contribution in [0.5, 0.6) is 0 Å². The molecule has 0 fully saturated rings. The molecule has 2 nitrogen and oxygen atoms in total. The van der Waals surface area contributed by atoms with Crippen LogP contribution in [0.25, 0.3) is 0 Å². The first-order valence-electron chi connectivity index (χ1n) is 5.43. The van der Waals surface area contributed by atoms with Gasteiger partial charge in [0.2, 0.25) is 0 Å². The summed E-state index contributed by atoms with van der Waals surface area (Å²) in [5, 5.41) is 3.55. The largest absolute Gasteiger partial charge is 0.380 e. The minimum Gasteiger partial charge on any atom is -0.380 e. The third kappa shape index (κ3) is 4.63. The molecule has 0 amide bonds. The molecule has 0 bridgehead atoms. The van der Waals surface area contributed by atoms with Crippen LogP contribution in [0.3, 0.4) is 0 Å². The average Bonchev–Trinajstić information content (AvgIpc) is 2.17. The van der Waals surface area contributed by atoms with Crippen molar-refractivity contribution in [3.63, 3.8) is 0 Å². The van der Waals surface area contributed by atoms with Gasteiger partial charge < -0.3 is 10.1 Å². The number of hydrogen-bond donors (Lipinski definition) is 1. The molecule has 3 unspecified atom stereocenters. The van der Waals surface area contributed by atoms with E-state index in [1.54, 1.807) is 7.11 Å². The lowest BCUT2D eigenvalue weighted by Gasteiger charge is -2.29. The van der Waals surface area contributed by atoms with Crippen molar-refractivity contribution in [2.75, 3.05) is 13.7 Å². The fraction of sp³-hybridized carbons (Fsp3) is 1.00. The fourth-order valence-electron chi connectivity index (χ4n) is 1.54. The van der Waals surface area contributed by atoms with Crippen LogP contribution in [0.1, 0.15) is 40.5 Å². The van der Waals surface area contributed by atoms with Crippen LogP contribution in [0, 0.1) is 5.92 Å². The second-order valence-corrected chi connectivity index (χ2v) is 3.81. The number of hydrogen-bond acceptors (Lipinski definition) is 2. The summed E-state index contributed by atoms with van der Waals surface area (Å²) >= 11 is 0. The van der Waals surface area contributed by atoms with Gasteiger partial charge in [-0.3, -0.25) is 0 Å². The van der Waals surface area contributed by atoms with Gasteiger partial charge in [0.05, 0.1) is 6.10 Å². The molecule has 0 heterocycles. The molecule has 1 N–H and O–H groups in total. The van der Waals surface area contributed by atoms with E-state index < -0.39 is 0 Å². The molecule has 0 aliphatic carbocycles. The van der Waals surface area contributed by atoms with Crippen molar-refractivity contribution in [1.29, 1.82) is 0 Å². The summed E-state index contributed by atoms with van der Waals surface area (Å²) in [4.78, 5) is 0. The van der Waals surface area contributed by atoms with Crippen molar-refractivity contribution >= 4 is 0 Å². The monoisotopic (exact) mass is 187 g/mol. The molecule has 0 radical (unpaired) electrons. The third-order valence-electron chi connectivity index (χ3n) is 2.76. The highest BCUT2D eigenvalue weighted by molar-refractivity contribution is 4.78. The molecule has 0 saturated heterocycles. The number of rotatable bonds is 7. The van der Waals surface area contributed by atoms with Crippen molar-refractivity contribution in [1.82, 2.24) is 5.32 Å². The summed E-state index contributed by atoms with van der Waals surface area (Å²) in [5.41, 5.74) is 0. The maximum absolute atomic E-state index is 5.37. The number of ether oxygens (including phenoxy) is 1. The molecule has 0 aromatic rings. The molecule has 80 valence electrons. The molecule has 0 rings (SSSR count). The first-order chi connectivity index (χ1) is 6.17. The Morgan fingerprint density at radius 1 is 1.23 bits per heavy atom. The molecule has 2 heteroatoms. The van der Waals surface area contributed by atoms with E-state index in [0.29, 0.717) is 18.1 Å². The van der Waals surface area contributed by atoms with Gasteiger partial charge in [0.15, 0.2) is 0 Å². The maximum Gasteiger partial charge on any atom is 0.0698 e. The van der Waals surface area contributed by atoms with Crippen molar-refractivity contribution in [3.8, 4) is 0 Å². The topological polar surface area (TPSA) is 21.3 Å². The van der Waals surface area contributed by atoms with Gasteiger partial charge in [-0.15, -0.1) is 0 Å². The fourth-order valence-corrected chi connectivity index (χ4v) is 1.54. The zero-order valence-corrected chi connectivity index (χ0v) is 9.76. The Labute approximate surface area is 83.1 Å². The molecule has 3 atom stereocenters. The molecular weight excluding hydrogens is 162 g/mol. The van der Waals surface area contributed by atoms with Crippen LogP contribution in [-0.4, -0.2) is 25.8 Å². The normalized spacial score (nSPS) is 18.2. The van der Waals surface area contributed by atoms with Gasteiger partial charge in [0.25, 0.3) is 0 Å². The highest BCUT2D eigenvalue weighted by Crippen LogP contribution is 2.13. The van der Waals surface area contributed by atoms with E-state index in [0.717, 1.165) is 6.54 Å². The van der Waals surface area contributed by atoms with Crippen LogP contribution in [-0.2, 0) is 4.74 Å². The maximum atomic E-state index is 5.37. The van der Waals surface area contributed by atoms with Crippen molar-refractivity contribution < 1.29 is 4.74 Å². The van der Waals surface area contributed by atoms with E-state index in [1.807, 2.05) is 0 Å². The minimum absolute atomic E-state index is 0.307. The highest BCUT2D eigenvalue weighted by Gasteiger charge is 2.21. The lowest BCUT2D eigenvalue weighted by molar-refractivity contribution is 0.0633. The number of nitrogens with one attached hydrogen (secondary N) is 1. The van der Waals surface area contributed by atoms with E-state index >= 15 is 0 Å². The molecule has 0 saturated carbocycles. The van der Waals surface area contributed by atoms with E-state index in [-0.39, 0.29) is 0 Å². The van der Waals surface area contributed by atoms with E-state index in [4.69, 9.17) is 4.74 Å².